The smallest absolute Gasteiger partial charge is 0.288 e. The molecule has 30 heavy (non-hydrogen) atoms. The van der Waals surface area contributed by atoms with Crippen LogP contribution in [0.1, 0.15) is 35.7 Å². The highest BCUT2D eigenvalue weighted by molar-refractivity contribution is 7.22. The van der Waals surface area contributed by atoms with Crippen LogP contribution in [0.25, 0.3) is 10.2 Å². The lowest BCUT2D eigenvalue weighted by atomic mass is 9.99. The second-order valence-corrected chi connectivity index (χ2v) is 9.10. The predicted molar refractivity (Wildman–Crippen MR) is 119 cm³/mol. The number of nitrogens with zero attached hydrogens (tertiary/aromatic N) is 3. The van der Waals surface area contributed by atoms with Crippen LogP contribution in [0.4, 0.5) is 10.8 Å². The summed E-state index contributed by atoms with van der Waals surface area (Å²) in [4.78, 5) is 29.9. The van der Waals surface area contributed by atoms with E-state index >= 15 is 0 Å². The molecular formula is C21H21ClN4O3S. The first-order valence-corrected chi connectivity index (χ1v) is 11.0. The van der Waals surface area contributed by atoms with Crippen LogP contribution in [0.2, 0.25) is 5.02 Å². The van der Waals surface area contributed by atoms with Crippen molar-refractivity contribution in [2.75, 3.05) is 18.4 Å². The van der Waals surface area contributed by atoms with Gasteiger partial charge in [0.25, 0.3) is 11.6 Å². The Bertz CT molecular complexity index is 1110. The van der Waals surface area contributed by atoms with Crippen molar-refractivity contribution in [2.24, 2.45) is 5.92 Å². The number of amides is 1. The minimum Gasteiger partial charge on any atom is -0.299 e. The second kappa shape index (κ2) is 8.67. The Morgan fingerprint density at radius 1 is 1.30 bits per heavy atom. The lowest BCUT2D eigenvalue weighted by molar-refractivity contribution is -0.384. The number of nitrogens with one attached hydrogen (secondary N) is 1. The molecule has 0 unspecified atom stereocenters. The van der Waals surface area contributed by atoms with Crippen molar-refractivity contribution in [3.8, 4) is 0 Å². The van der Waals surface area contributed by atoms with Crippen molar-refractivity contribution in [1.29, 1.82) is 0 Å². The molecule has 9 heteroatoms. The summed E-state index contributed by atoms with van der Waals surface area (Å²) in [5.41, 5.74) is 1.90. The molecule has 1 saturated heterocycles. The third-order valence-electron chi connectivity index (χ3n) is 5.36. The number of fused-ring (bicyclic) bond motifs is 1. The summed E-state index contributed by atoms with van der Waals surface area (Å²) in [5.74, 6) is 0.343. The number of carbonyl (C=O) groups excluding carboxylic acids is 1. The molecule has 0 bridgehead atoms. The first-order chi connectivity index (χ1) is 14.4. The zero-order valence-electron chi connectivity index (χ0n) is 16.4. The van der Waals surface area contributed by atoms with Crippen molar-refractivity contribution in [2.45, 2.75) is 26.3 Å². The summed E-state index contributed by atoms with van der Waals surface area (Å²) < 4.78 is 0.996. The molecule has 156 valence electrons. The van der Waals surface area contributed by atoms with Gasteiger partial charge in [-0.3, -0.25) is 25.1 Å². The minimum atomic E-state index is -0.610. The maximum Gasteiger partial charge on any atom is 0.288 e. The number of halogens is 1. The molecular weight excluding hydrogens is 424 g/mol. The Labute approximate surface area is 182 Å². The largest absolute Gasteiger partial charge is 0.299 e. The molecule has 1 amide bonds. The van der Waals surface area contributed by atoms with Crippen LogP contribution in [0.3, 0.4) is 0 Å². The van der Waals surface area contributed by atoms with Crippen molar-refractivity contribution in [1.82, 2.24) is 9.88 Å². The topological polar surface area (TPSA) is 88.4 Å². The normalized spacial score (nSPS) is 15.4. The molecule has 2 heterocycles. The van der Waals surface area contributed by atoms with Gasteiger partial charge in [-0.05, 0) is 61.7 Å². The number of rotatable bonds is 5. The van der Waals surface area contributed by atoms with E-state index in [-0.39, 0.29) is 16.3 Å². The lowest BCUT2D eigenvalue weighted by Gasteiger charge is -2.30. The van der Waals surface area contributed by atoms with Gasteiger partial charge in [-0.1, -0.05) is 35.9 Å². The van der Waals surface area contributed by atoms with Gasteiger partial charge in [0.05, 0.1) is 15.1 Å². The van der Waals surface area contributed by atoms with Crippen LogP contribution in [0, 0.1) is 16.0 Å². The van der Waals surface area contributed by atoms with Gasteiger partial charge in [0.15, 0.2) is 5.13 Å². The zero-order valence-corrected chi connectivity index (χ0v) is 18.0. The number of piperidine rings is 1. The SMILES string of the molecule is CC1CCN(Cc2ccc3nc(NC(=O)c4ccc(Cl)c([N+](=O)[O-])c4)sc3c2)CC1. The van der Waals surface area contributed by atoms with E-state index in [1.807, 2.05) is 6.07 Å². The van der Waals surface area contributed by atoms with E-state index in [4.69, 9.17) is 11.6 Å². The number of hydrogen-bond acceptors (Lipinski definition) is 6. The second-order valence-electron chi connectivity index (χ2n) is 7.66. The standard InChI is InChI=1S/C21H21ClN4O3S/c1-13-6-8-25(9-7-13)12-14-2-5-17-19(10-14)30-21(23-17)24-20(27)15-3-4-16(22)18(11-15)26(28)29/h2-5,10-11,13H,6-9,12H2,1H3,(H,23,24,27). The van der Waals surface area contributed by atoms with E-state index in [1.54, 1.807) is 0 Å². The Morgan fingerprint density at radius 2 is 2.07 bits per heavy atom. The van der Waals surface area contributed by atoms with Crippen LogP contribution in [-0.4, -0.2) is 33.8 Å². The molecule has 1 aliphatic rings. The summed E-state index contributed by atoms with van der Waals surface area (Å²) in [6.45, 7) is 5.46. The highest BCUT2D eigenvalue weighted by Gasteiger charge is 2.18. The number of carbonyl (C=O) groups is 1. The molecule has 3 aromatic rings. The van der Waals surface area contributed by atoms with Crippen LogP contribution in [0.15, 0.2) is 36.4 Å². The van der Waals surface area contributed by atoms with Crippen LogP contribution >= 0.6 is 22.9 Å². The molecule has 0 spiro atoms. The molecule has 1 aliphatic heterocycles. The van der Waals surface area contributed by atoms with Crippen molar-refractivity contribution >= 4 is 49.9 Å². The average molecular weight is 445 g/mol. The van der Waals surface area contributed by atoms with Crippen molar-refractivity contribution in [3.63, 3.8) is 0 Å². The number of benzene rings is 2. The first-order valence-electron chi connectivity index (χ1n) is 9.76. The van der Waals surface area contributed by atoms with E-state index in [0.717, 1.165) is 35.8 Å². The molecule has 0 radical (unpaired) electrons. The van der Waals surface area contributed by atoms with Gasteiger partial charge in [-0.25, -0.2) is 4.98 Å². The lowest BCUT2D eigenvalue weighted by Crippen LogP contribution is -2.32. The fourth-order valence-electron chi connectivity index (χ4n) is 3.56. The fourth-order valence-corrected chi connectivity index (χ4v) is 4.67. The van der Waals surface area contributed by atoms with Crippen LogP contribution in [0.5, 0.6) is 0 Å². The third kappa shape index (κ3) is 4.61. The Kier molecular flexibility index (Phi) is 5.99. The number of aromatic nitrogens is 1. The summed E-state index contributed by atoms with van der Waals surface area (Å²) in [5, 5.41) is 14.2. The van der Waals surface area contributed by atoms with Gasteiger partial charge in [0, 0.05) is 18.2 Å². The Balaban J connectivity index is 1.48. The van der Waals surface area contributed by atoms with Crippen molar-refractivity contribution in [3.05, 3.63) is 62.7 Å². The first kappa shape index (κ1) is 20.7. The maximum absolute atomic E-state index is 12.5. The van der Waals surface area contributed by atoms with E-state index < -0.39 is 10.8 Å². The molecule has 0 atom stereocenters. The number of thiazole rings is 1. The highest BCUT2D eigenvalue weighted by Crippen LogP contribution is 2.29. The average Bonchev–Trinajstić information content (AvgIpc) is 3.11. The molecule has 2 aromatic carbocycles. The molecule has 0 saturated carbocycles. The van der Waals surface area contributed by atoms with E-state index in [2.05, 4.69) is 34.3 Å². The molecule has 0 aliphatic carbocycles. The van der Waals surface area contributed by atoms with E-state index in [0.29, 0.717) is 5.13 Å². The molecule has 1 N–H and O–H groups in total. The summed E-state index contributed by atoms with van der Waals surface area (Å²) in [7, 11) is 0. The number of anilines is 1. The molecule has 4 rings (SSSR count). The number of likely N-dealkylation sites (tertiary alicyclic amines) is 1. The molecule has 1 aromatic heterocycles. The van der Waals surface area contributed by atoms with E-state index in [1.165, 1.54) is 47.9 Å². The highest BCUT2D eigenvalue weighted by atomic mass is 35.5. The maximum atomic E-state index is 12.5. The monoisotopic (exact) mass is 444 g/mol. The van der Waals surface area contributed by atoms with Crippen molar-refractivity contribution < 1.29 is 9.72 Å². The summed E-state index contributed by atoms with van der Waals surface area (Å²) in [6.07, 6.45) is 2.48. The van der Waals surface area contributed by atoms with Gasteiger partial charge >= 0.3 is 0 Å². The van der Waals surface area contributed by atoms with Gasteiger partial charge in [-0.15, -0.1) is 0 Å². The number of hydrogen-bond donors (Lipinski definition) is 1. The molecule has 7 nitrogen and oxygen atoms in total. The quantitative estimate of drug-likeness (QED) is 0.423. The van der Waals surface area contributed by atoms with Crippen LogP contribution < -0.4 is 5.32 Å². The Hall–Kier alpha value is -2.55. The Morgan fingerprint density at radius 3 is 2.80 bits per heavy atom. The predicted octanol–water partition coefficient (Wildman–Crippen LogP) is 5.34. The van der Waals surface area contributed by atoms with Gasteiger partial charge in [0.2, 0.25) is 0 Å². The van der Waals surface area contributed by atoms with Gasteiger partial charge in [0.1, 0.15) is 5.02 Å². The number of nitro benzene ring substituents is 1. The third-order valence-corrected chi connectivity index (χ3v) is 6.61. The van der Waals surface area contributed by atoms with Gasteiger partial charge < -0.3 is 0 Å². The minimum absolute atomic E-state index is 0.00719. The summed E-state index contributed by atoms with van der Waals surface area (Å²) in [6, 6.07) is 10.1. The number of nitro groups is 1. The summed E-state index contributed by atoms with van der Waals surface area (Å²) >= 11 is 7.20. The fraction of sp³-hybridized carbons (Fsp3) is 0.333. The molecule has 1 fully saturated rings. The zero-order chi connectivity index (χ0) is 21.3. The van der Waals surface area contributed by atoms with E-state index in [9.17, 15) is 14.9 Å². The van der Waals surface area contributed by atoms with Crippen LogP contribution in [-0.2, 0) is 6.54 Å². The van der Waals surface area contributed by atoms with Gasteiger partial charge in [-0.2, -0.15) is 0 Å².